The van der Waals surface area contributed by atoms with Crippen LogP contribution in [0, 0.1) is 0 Å². The van der Waals surface area contributed by atoms with Crippen molar-refractivity contribution in [2.45, 2.75) is 0 Å². The lowest BCUT2D eigenvalue weighted by molar-refractivity contribution is 0.0108. The molecular formula is C2H4NO2. The molecule has 0 heterocycles. The number of hydroxylamine groups is 2. The third-order valence-corrected chi connectivity index (χ3v) is 0.132. The molecule has 3 nitrogen and oxygen atoms in total. The van der Waals surface area contributed by atoms with E-state index in [0.29, 0.717) is 5.06 Å². The number of hydrogen-bond donors (Lipinski definition) is 1. The first-order valence-electron chi connectivity index (χ1n) is 1.07. The van der Waals surface area contributed by atoms with E-state index in [1.54, 1.807) is 0 Å². The van der Waals surface area contributed by atoms with Gasteiger partial charge in [0.05, 0.1) is 0 Å². The van der Waals surface area contributed by atoms with Crippen molar-refractivity contribution in [2.75, 3.05) is 7.05 Å². The van der Waals surface area contributed by atoms with Gasteiger partial charge in [-0.2, -0.15) is 0 Å². The lowest BCUT2D eigenvalue weighted by atomic mass is 11.2. The van der Waals surface area contributed by atoms with E-state index in [4.69, 9.17) is 10.0 Å². The van der Waals surface area contributed by atoms with Crippen LogP contribution >= 0.6 is 0 Å². The third-order valence-electron chi connectivity index (χ3n) is 0.132. The van der Waals surface area contributed by atoms with E-state index in [1.807, 2.05) is 0 Å². The lowest BCUT2D eigenvalue weighted by Gasteiger charge is -1.89. The summed E-state index contributed by atoms with van der Waals surface area (Å²) in [7, 11) is 1.19. The quantitative estimate of drug-likeness (QED) is 0.255. The van der Waals surface area contributed by atoms with Crippen LogP contribution in [0.5, 0.6) is 0 Å². The van der Waals surface area contributed by atoms with Gasteiger partial charge in [-0.1, -0.05) is 0 Å². The molecule has 1 amide bonds. The molecule has 0 saturated carbocycles. The lowest BCUT2D eigenvalue weighted by Crippen LogP contribution is -2.07. The number of amides is 1. The summed E-state index contributed by atoms with van der Waals surface area (Å²) in [5, 5.41) is 8.09. The Morgan fingerprint density at radius 2 is 2.20 bits per heavy atom. The van der Waals surface area contributed by atoms with Crippen molar-refractivity contribution >= 4 is 6.41 Å². The summed E-state index contributed by atoms with van der Waals surface area (Å²) in [4.78, 5) is 9.06. The highest BCUT2D eigenvalue weighted by Crippen LogP contribution is 1.51. The molecule has 1 N–H and O–H groups in total. The molecule has 0 aromatic heterocycles. The van der Waals surface area contributed by atoms with E-state index in [1.165, 1.54) is 13.5 Å². The van der Waals surface area contributed by atoms with E-state index in [-0.39, 0.29) is 0 Å². The van der Waals surface area contributed by atoms with Gasteiger partial charge in [0.2, 0.25) is 0 Å². The van der Waals surface area contributed by atoms with Gasteiger partial charge < -0.3 is 0 Å². The highest BCUT2D eigenvalue weighted by Gasteiger charge is 1.74. The number of rotatable bonds is 1. The van der Waals surface area contributed by atoms with Crippen molar-refractivity contribution in [3.63, 3.8) is 0 Å². The Bertz CT molecular complexity index is 34.6. The minimum absolute atomic E-state index is 0.319. The Labute approximate surface area is 29.8 Å². The van der Waals surface area contributed by atoms with Crippen molar-refractivity contribution in [3.8, 4) is 0 Å². The molecule has 0 spiro atoms. The minimum Gasteiger partial charge on any atom is -0.286 e. The van der Waals surface area contributed by atoms with Crippen molar-refractivity contribution in [2.24, 2.45) is 0 Å². The van der Waals surface area contributed by atoms with Gasteiger partial charge in [-0.3, -0.25) is 10.0 Å². The summed E-state index contributed by atoms with van der Waals surface area (Å²) in [5.41, 5.74) is 0. The zero-order chi connectivity index (χ0) is 4.28. The summed E-state index contributed by atoms with van der Waals surface area (Å²) in [6.07, 6.45) is 1.17. The van der Waals surface area contributed by atoms with Crippen molar-refractivity contribution < 1.29 is 10.0 Å². The molecule has 0 aromatic rings. The summed E-state index contributed by atoms with van der Waals surface area (Å²) >= 11 is 0. The maximum atomic E-state index is 9.06. The molecule has 0 aromatic carbocycles. The molecule has 0 aliphatic heterocycles. The zero-order valence-corrected chi connectivity index (χ0v) is 2.80. The molecule has 5 heavy (non-hydrogen) atoms. The fourth-order valence-electron chi connectivity index (χ4n) is 0. The molecule has 0 unspecified atom stereocenters. The second-order valence-electron chi connectivity index (χ2n) is 0.615. The van der Waals surface area contributed by atoms with E-state index in [2.05, 4.69) is 0 Å². The molecule has 0 saturated heterocycles. The van der Waals surface area contributed by atoms with Crippen molar-refractivity contribution in [1.29, 1.82) is 0 Å². The molecule has 0 atom stereocenters. The summed E-state index contributed by atoms with van der Waals surface area (Å²) in [6, 6.07) is 0. The van der Waals surface area contributed by atoms with Gasteiger partial charge in [-0.25, -0.2) is 5.06 Å². The Balaban J connectivity index is 2.83. The smallest absolute Gasteiger partial charge is 0.286 e. The van der Waals surface area contributed by atoms with Gasteiger partial charge in [-0.15, -0.1) is 0 Å². The summed E-state index contributed by atoms with van der Waals surface area (Å²) in [6.45, 7) is 0. The number of nitrogens with zero attached hydrogens (tertiary/aromatic N) is 1. The number of hydrogen-bond acceptors (Lipinski definition) is 2. The second-order valence-corrected chi connectivity index (χ2v) is 0.615. The minimum atomic E-state index is 0.319. The predicted octanol–water partition coefficient (Wildman–Crippen LogP) is -0.625. The molecule has 0 fully saturated rings. The van der Waals surface area contributed by atoms with Crippen molar-refractivity contribution in [1.82, 2.24) is 5.06 Å². The topological polar surface area (TPSA) is 40.5 Å². The zero-order valence-electron chi connectivity index (χ0n) is 2.80. The first-order valence-corrected chi connectivity index (χ1v) is 1.07. The van der Waals surface area contributed by atoms with E-state index in [0.717, 1.165) is 0 Å². The maximum absolute atomic E-state index is 9.06. The fraction of sp³-hybridized carbons (Fsp3) is 0.500. The summed E-state index contributed by atoms with van der Waals surface area (Å²) < 4.78 is 0. The average molecular weight is 74.1 g/mol. The standard InChI is InChI=1S/C2H4NO2/c1-3(5)2-4/h5H,1H3. The first kappa shape index (κ1) is 4.43. The van der Waals surface area contributed by atoms with Crippen LogP contribution in [-0.4, -0.2) is 23.7 Å². The van der Waals surface area contributed by atoms with Crippen LogP contribution in [0.4, 0.5) is 0 Å². The second kappa shape index (κ2) is 1.72. The number of carbonyl (C=O) groups excluding carboxylic acids is 1. The van der Waals surface area contributed by atoms with Gasteiger partial charge in [0, 0.05) is 7.05 Å². The normalized spacial score (nSPS) is 6.80. The van der Waals surface area contributed by atoms with Crippen molar-refractivity contribution in [3.05, 3.63) is 0 Å². The molecule has 0 aliphatic rings. The van der Waals surface area contributed by atoms with Gasteiger partial charge in [0.1, 0.15) is 0 Å². The highest BCUT2D eigenvalue weighted by atomic mass is 16.5. The molecule has 0 bridgehead atoms. The van der Waals surface area contributed by atoms with E-state index < -0.39 is 0 Å². The van der Waals surface area contributed by atoms with E-state index >= 15 is 0 Å². The van der Waals surface area contributed by atoms with Crippen LogP contribution in [-0.2, 0) is 4.79 Å². The Hall–Kier alpha value is -0.570. The SMILES string of the molecule is CN(O)[C]=O. The molecule has 0 aliphatic carbocycles. The van der Waals surface area contributed by atoms with Gasteiger partial charge in [0.25, 0.3) is 0 Å². The largest absolute Gasteiger partial charge is 0.337 e. The molecule has 1 radical (unpaired) electrons. The Morgan fingerprint density at radius 3 is 2.20 bits per heavy atom. The van der Waals surface area contributed by atoms with Gasteiger partial charge >= 0.3 is 6.41 Å². The Morgan fingerprint density at radius 1 is 2.00 bits per heavy atom. The average Bonchev–Trinajstić information content (AvgIpc) is 1.38. The van der Waals surface area contributed by atoms with Crippen LogP contribution in [0.1, 0.15) is 0 Å². The van der Waals surface area contributed by atoms with Gasteiger partial charge in [0.15, 0.2) is 0 Å². The van der Waals surface area contributed by atoms with Crippen LogP contribution in [0.3, 0.4) is 0 Å². The van der Waals surface area contributed by atoms with Crippen LogP contribution in [0.25, 0.3) is 0 Å². The fourth-order valence-corrected chi connectivity index (χ4v) is 0. The summed E-state index contributed by atoms with van der Waals surface area (Å²) in [5.74, 6) is 0. The monoisotopic (exact) mass is 74.0 g/mol. The maximum Gasteiger partial charge on any atom is 0.337 e. The first-order chi connectivity index (χ1) is 2.27. The highest BCUT2D eigenvalue weighted by molar-refractivity contribution is 5.44. The van der Waals surface area contributed by atoms with Crippen LogP contribution in [0.15, 0.2) is 0 Å². The van der Waals surface area contributed by atoms with Crippen LogP contribution in [0.2, 0.25) is 0 Å². The van der Waals surface area contributed by atoms with Gasteiger partial charge in [-0.05, 0) is 0 Å². The third kappa shape index (κ3) is 3.43. The molecular weight excluding hydrogens is 70.0 g/mol. The Kier molecular flexibility index (Phi) is 1.53. The molecule has 3 heteroatoms. The van der Waals surface area contributed by atoms with E-state index in [9.17, 15) is 0 Å². The van der Waals surface area contributed by atoms with Crippen LogP contribution < -0.4 is 0 Å². The predicted molar refractivity (Wildman–Crippen MR) is 15.2 cm³/mol. The molecule has 0 rings (SSSR count). The molecule has 29 valence electrons.